The van der Waals surface area contributed by atoms with E-state index in [1.54, 1.807) is 29.7 Å². The van der Waals surface area contributed by atoms with Crippen LogP contribution in [0.1, 0.15) is 74.7 Å². The highest BCUT2D eigenvalue weighted by Gasteiger charge is 2.75. The molecule has 2 amide bonds. The fraction of sp³-hybridized carbons (Fsp3) is 0.821. The van der Waals surface area contributed by atoms with Crippen molar-refractivity contribution in [2.75, 3.05) is 19.8 Å². The second-order valence-electron chi connectivity index (χ2n) is 12.8. The molecule has 3 aliphatic heterocycles. The van der Waals surface area contributed by atoms with Gasteiger partial charge in [0.15, 0.2) is 0 Å². The van der Waals surface area contributed by atoms with Gasteiger partial charge in [-0.3, -0.25) is 14.4 Å². The monoisotopic (exact) mass is 522 g/mol. The molecule has 2 unspecified atom stereocenters. The molecule has 6 atom stereocenters. The Hall–Kier alpha value is -1.54. The minimum Gasteiger partial charge on any atom is -0.466 e. The van der Waals surface area contributed by atoms with E-state index in [2.05, 4.69) is 41.2 Å². The molecule has 3 saturated heterocycles. The van der Waals surface area contributed by atoms with E-state index in [-0.39, 0.29) is 47.6 Å². The van der Waals surface area contributed by atoms with Crippen molar-refractivity contribution in [2.45, 2.75) is 102 Å². The first-order valence-electron chi connectivity index (χ1n) is 13.4. The predicted molar refractivity (Wildman–Crippen MR) is 143 cm³/mol. The Kier molecular flexibility index (Phi) is 8.32. The van der Waals surface area contributed by atoms with Crippen LogP contribution in [0.4, 0.5) is 0 Å². The molecule has 0 aromatic heterocycles. The summed E-state index contributed by atoms with van der Waals surface area (Å²) in [6.45, 7) is 20.6. The van der Waals surface area contributed by atoms with Crippen molar-refractivity contribution in [3.05, 3.63) is 12.7 Å². The number of hydrogen-bond donors (Lipinski definition) is 1. The molecule has 7 nitrogen and oxygen atoms in total. The highest BCUT2D eigenvalue weighted by molar-refractivity contribution is 8.02. The van der Waals surface area contributed by atoms with Crippen LogP contribution in [0.25, 0.3) is 0 Å². The van der Waals surface area contributed by atoms with Crippen molar-refractivity contribution in [1.82, 2.24) is 9.80 Å². The van der Waals surface area contributed by atoms with Gasteiger partial charge in [0, 0.05) is 17.3 Å². The van der Waals surface area contributed by atoms with Gasteiger partial charge >= 0.3 is 5.97 Å². The van der Waals surface area contributed by atoms with E-state index in [1.165, 1.54) is 0 Å². The fourth-order valence-electron chi connectivity index (χ4n) is 7.16. The fourth-order valence-corrected chi connectivity index (χ4v) is 9.35. The predicted octanol–water partition coefficient (Wildman–Crippen LogP) is 3.89. The molecule has 3 heterocycles. The molecule has 1 N–H and O–H groups in total. The van der Waals surface area contributed by atoms with Crippen LogP contribution >= 0.6 is 11.8 Å². The van der Waals surface area contributed by atoms with Gasteiger partial charge in [-0.15, -0.1) is 18.3 Å². The Bertz CT molecular complexity index is 882. The second-order valence-corrected chi connectivity index (χ2v) is 14.4. The Labute approximate surface area is 221 Å². The van der Waals surface area contributed by atoms with E-state index >= 15 is 0 Å². The van der Waals surface area contributed by atoms with Crippen LogP contribution in [0, 0.1) is 23.2 Å². The lowest BCUT2D eigenvalue weighted by Crippen LogP contribution is -2.62. The average molecular weight is 523 g/mol. The summed E-state index contributed by atoms with van der Waals surface area (Å²) in [5.74, 6) is -1.87. The third-order valence-electron chi connectivity index (χ3n) is 8.12. The van der Waals surface area contributed by atoms with Crippen molar-refractivity contribution in [3.8, 4) is 0 Å². The number of amides is 2. The molecule has 0 radical (unpaired) electrons. The van der Waals surface area contributed by atoms with Crippen molar-refractivity contribution in [1.29, 1.82) is 0 Å². The van der Waals surface area contributed by atoms with Crippen molar-refractivity contribution in [3.63, 3.8) is 0 Å². The molecule has 204 valence electrons. The first kappa shape index (κ1) is 29.0. The molecule has 1 spiro atoms. The molecule has 3 rings (SSSR count). The highest BCUT2D eigenvalue weighted by atomic mass is 32.2. The summed E-state index contributed by atoms with van der Waals surface area (Å²) in [6, 6.07) is -1.26. The SMILES string of the molecule is C=CCN(C(=O)C1N([C@@H](CO)C(C)C)C(=O)[C@@H]2[C@@H](C(=O)OCC)[C@H]3CCC12S3)C(C)(C)CC(C)(C)C. The summed E-state index contributed by atoms with van der Waals surface area (Å²) in [7, 11) is 0. The highest BCUT2D eigenvalue weighted by Crippen LogP contribution is 2.67. The molecule has 2 bridgehead atoms. The van der Waals surface area contributed by atoms with Gasteiger partial charge in [0.05, 0.1) is 35.8 Å². The number of hydrogen-bond acceptors (Lipinski definition) is 6. The lowest BCUT2D eigenvalue weighted by atomic mass is 9.71. The van der Waals surface area contributed by atoms with E-state index in [4.69, 9.17) is 4.74 Å². The summed E-state index contributed by atoms with van der Waals surface area (Å²) >= 11 is 1.64. The number of esters is 1. The number of rotatable bonds is 10. The summed E-state index contributed by atoms with van der Waals surface area (Å²) < 4.78 is 4.71. The number of aliphatic hydroxyl groups excluding tert-OH is 1. The molecule has 0 aliphatic carbocycles. The van der Waals surface area contributed by atoms with E-state index in [9.17, 15) is 19.5 Å². The largest absolute Gasteiger partial charge is 0.466 e. The van der Waals surface area contributed by atoms with Crippen LogP contribution in [0.2, 0.25) is 0 Å². The number of fused-ring (bicyclic) bond motifs is 1. The maximum absolute atomic E-state index is 14.7. The van der Waals surface area contributed by atoms with Gasteiger partial charge in [0.25, 0.3) is 0 Å². The first-order chi connectivity index (χ1) is 16.7. The number of carbonyl (C=O) groups is 3. The van der Waals surface area contributed by atoms with Crippen LogP contribution in [0.3, 0.4) is 0 Å². The Morgan fingerprint density at radius 1 is 1.31 bits per heavy atom. The Morgan fingerprint density at radius 3 is 2.44 bits per heavy atom. The molecule has 8 heteroatoms. The molecule has 3 fully saturated rings. The van der Waals surface area contributed by atoms with Crippen molar-refractivity contribution in [2.24, 2.45) is 23.2 Å². The van der Waals surface area contributed by atoms with Gasteiger partial charge < -0.3 is 19.6 Å². The van der Waals surface area contributed by atoms with Crippen LogP contribution in [-0.4, -0.2) is 80.1 Å². The standard InChI is InChI=1S/C28H46N2O5S/c1-10-14-29(27(8,9)16-26(5,6)7)24(33)22-28-13-12-19(36-28)20(25(34)35-11-2)21(28)23(32)30(22)18(15-31)17(3)4/h10,17-22,31H,1,11-16H2,2-9H3/t18-,19+,20-,21-,22?,28?/m0/s1. The van der Waals surface area contributed by atoms with Gasteiger partial charge in [0.1, 0.15) is 6.04 Å². The molecule has 3 aliphatic rings. The number of carbonyl (C=O) groups excluding carboxylic acids is 3. The smallest absolute Gasteiger partial charge is 0.310 e. The summed E-state index contributed by atoms with van der Waals surface area (Å²) in [5.41, 5.74) is -0.502. The lowest BCUT2D eigenvalue weighted by Gasteiger charge is -2.47. The maximum Gasteiger partial charge on any atom is 0.310 e. The van der Waals surface area contributed by atoms with Crippen molar-refractivity contribution < 1.29 is 24.2 Å². The van der Waals surface area contributed by atoms with Crippen LogP contribution in [-0.2, 0) is 19.1 Å². The number of aliphatic hydroxyl groups is 1. The van der Waals surface area contributed by atoms with Gasteiger partial charge in [-0.05, 0) is 51.4 Å². The summed E-state index contributed by atoms with van der Waals surface area (Å²) in [5, 5.41) is 10.4. The number of likely N-dealkylation sites (tertiary alicyclic amines) is 1. The van der Waals surface area contributed by atoms with Gasteiger partial charge in [-0.1, -0.05) is 40.7 Å². The Morgan fingerprint density at radius 2 is 1.94 bits per heavy atom. The Balaban J connectivity index is 2.14. The molecular weight excluding hydrogens is 476 g/mol. The molecular formula is C28H46N2O5S. The zero-order valence-corrected chi connectivity index (χ0v) is 24.2. The van der Waals surface area contributed by atoms with E-state index < -0.39 is 34.2 Å². The van der Waals surface area contributed by atoms with Crippen LogP contribution < -0.4 is 0 Å². The minimum atomic E-state index is -0.747. The van der Waals surface area contributed by atoms with E-state index in [1.807, 2.05) is 18.7 Å². The normalized spacial score (nSPS) is 30.5. The molecule has 36 heavy (non-hydrogen) atoms. The zero-order chi connectivity index (χ0) is 27.2. The third kappa shape index (κ3) is 4.84. The maximum atomic E-state index is 14.7. The summed E-state index contributed by atoms with van der Waals surface area (Å²) in [4.78, 5) is 45.4. The van der Waals surface area contributed by atoms with Crippen LogP contribution in [0.15, 0.2) is 12.7 Å². The lowest BCUT2D eigenvalue weighted by molar-refractivity contribution is -0.154. The topological polar surface area (TPSA) is 87.2 Å². The third-order valence-corrected chi connectivity index (χ3v) is 10.1. The quantitative estimate of drug-likeness (QED) is 0.346. The number of thioether (sulfide) groups is 1. The number of ether oxygens (including phenoxy) is 1. The van der Waals surface area contributed by atoms with Crippen molar-refractivity contribution >= 4 is 29.5 Å². The summed E-state index contributed by atoms with van der Waals surface area (Å²) in [6.07, 6.45) is 3.98. The van der Waals surface area contributed by atoms with Gasteiger partial charge in [-0.25, -0.2) is 0 Å². The zero-order valence-electron chi connectivity index (χ0n) is 23.4. The molecule has 0 aromatic carbocycles. The second kappa shape index (κ2) is 10.3. The average Bonchev–Trinajstić information content (AvgIpc) is 3.38. The van der Waals surface area contributed by atoms with Crippen LogP contribution in [0.5, 0.6) is 0 Å². The van der Waals surface area contributed by atoms with E-state index in [0.717, 1.165) is 12.8 Å². The number of nitrogens with zero attached hydrogens (tertiary/aromatic N) is 2. The van der Waals surface area contributed by atoms with Gasteiger partial charge in [-0.2, -0.15) is 0 Å². The molecule has 0 saturated carbocycles. The van der Waals surface area contributed by atoms with E-state index in [0.29, 0.717) is 13.0 Å². The minimum absolute atomic E-state index is 0.0175. The molecule has 0 aromatic rings. The van der Waals surface area contributed by atoms with Gasteiger partial charge in [0.2, 0.25) is 11.8 Å². The first-order valence-corrected chi connectivity index (χ1v) is 14.2.